The van der Waals surface area contributed by atoms with Gasteiger partial charge in [0.1, 0.15) is 17.3 Å². The summed E-state index contributed by atoms with van der Waals surface area (Å²) in [4.78, 5) is 12.8. The van der Waals surface area contributed by atoms with Gasteiger partial charge in [-0.15, -0.1) is 0 Å². The predicted octanol–water partition coefficient (Wildman–Crippen LogP) is 1.70. The van der Waals surface area contributed by atoms with Crippen LogP contribution in [0.2, 0.25) is 5.15 Å². The van der Waals surface area contributed by atoms with E-state index in [0.29, 0.717) is 10.9 Å². The highest BCUT2D eigenvalue weighted by molar-refractivity contribution is 6.29. The Morgan fingerprint density at radius 3 is 2.70 bits per heavy atom. The number of nitrogens with zero attached hydrogens (tertiary/aromatic N) is 6. The smallest absolute Gasteiger partial charge is 0.255 e. The van der Waals surface area contributed by atoms with Crippen LogP contribution in [0, 0.1) is 0 Å². The largest absolute Gasteiger partial charge is 0.358 e. The van der Waals surface area contributed by atoms with Crippen molar-refractivity contribution in [1.29, 1.82) is 0 Å². The fraction of sp³-hybridized carbons (Fsp3) is 0.615. The van der Waals surface area contributed by atoms with Gasteiger partial charge in [-0.3, -0.25) is 0 Å². The number of hydrogen-bond acceptors (Lipinski definition) is 5. The fourth-order valence-corrected chi connectivity index (χ4v) is 3.07. The predicted molar refractivity (Wildman–Crippen MR) is 79.3 cm³/mol. The monoisotopic (exact) mass is 294 g/mol. The molecule has 1 saturated carbocycles. The summed E-state index contributed by atoms with van der Waals surface area (Å²) in [5, 5.41) is 4.67. The van der Waals surface area contributed by atoms with Crippen LogP contribution < -0.4 is 4.90 Å². The molecule has 20 heavy (non-hydrogen) atoms. The van der Waals surface area contributed by atoms with E-state index in [9.17, 15) is 0 Å². The van der Waals surface area contributed by atoms with E-state index >= 15 is 0 Å². The maximum atomic E-state index is 6.08. The highest BCUT2D eigenvalue weighted by Gasteiger charge is 2.40. The molecule has 3 rings (SSSR count). The Balaban J connectivity index is 1.92. The van der Waals surface area contributed by atoms with E-state index in [1.807, 2.05) is 6.07 Å². The molecule has 0 aliphatic heterocycles. The molecule has 0 aromatic carbocycles. The number of hydrogen-bond donors (Lipinski definition) is 0. The zero-order valence-corrected chi connectivity index (χ0v) is 12.8. The van der Waals surface area contributed by atoms with Crippen molar-refractivity contribution in [1.82, 2.24) is 24.5 Å². The van der Waals surface area contributed by atoms with E-state index in [-0.39, 0.29) is 5.54 Å². The minimum Gasteiger partial charge on any atom is -0.358 e. The van der Waals surface area contributed by atoms with Gasteiger partial charge in [-0.1, -0.05) is 11.6 Å². The first-order valence-electron chi connectivity index (χ1n) is 6.77. The van der Waals surface area contributed by atoms with Gasteiger partial charge in [0.2, 0.25) is 0 Å². The Kier molecular flexibility index (Phi) is 3.30. The third-order valence-electron chi connectivity index (χ3n) is 4.36. The van der Waals surface area contributed by atoms with Crippen molar-refractivity contribution < 1.29 is 0 Å². The van der Waals surface area contributed by atoms with Crippen LogP contribution in [0.4, 0.5) is 5.82 Å². The maximum absolute atomic E-state index is 6.08. The molecule has 2 aromatic rings. The standard InChI is InChI=1S/C13H19ClN6/c1-18(2)13(5-4-6-13)8-19(3)11-7-10(14)17-12-15-9-16-20(11)12/h7,9H,4-6,8H2,1-3H3. The van der Waals surface area contributed by atoms with Crippen LogP contribution in [-0.4, -0.2) is 57.7 Å². The summed E-state index contributed by atoms with van der Waals surface area (Å²) < 4.78 is 1.73. The van der Waals surface area contributed by atoms with Gasteiger partial charge in [0.25, 0.3) is 5.78 Å². The number of halogens is 1. The first kappa shape index (κ1) is 13.6. The summed E-state index contributed by atoms with van der Waals surface area (Å²) in [5.74, 6) is 1.46. The topological polar surface area (TPSA) is 49.6 Å². The Morgan fingerprint density at radius 2 is 2.10 bits per heavy atom. The van der Waals surface area contributed by atoms with E-state index in [4.69, 9.17) is 11.6 Å². The minimum atomic E-state index is 0.247. The minimum absolute atomic E-state index is 0.247. The molecule has 0 unspecified atom stereocenters. The average molecular weight is 295 g/mol. The molecule has 0 N–H and O–H groups in total. The molecule has 0 atom stereocenters. The lowest BCUT2D eigenvalue weighted by Crippen LogP contribution is -2.57. The second-order valence-electron chi connectivity index (χ2n) is 5.74. The molecule has 0 radical (unpaired) electrons. The highest BCUT2D eigenvalue weighted by Crippen LogP contribution is 2.37. The average Bonchev–Trinajstić information content (AvgIpc) is 2.79. The van der Waals surface area contributed by atoms with Crippen molar-refractivity contribution in [3.05, 3.63) is 17.5 Å². The SMILES string of the molecule is CN(CC1(N(C)C)CCC1)c1cc(Cl)nc2ncnn12. The summed E-state index contributed by atoms with van der Waals surface area (Å²) in [7, 11) is 6.37. The van der Waals surface area contributed by atoms with Gasteiger partial charge in [-0.2, -0.15) is 19.6 Å². The summed E-state index contributed by atoms with van der Waals surface area (Å²) in [6.07, 6.45) is 5.25. The second-order valence-corrected chi connectivity index (χ2v) is 6.12. The van der Waals surface area contributed by atoms with Crippen molar-refractivity contribution in [3.63, 3.8) is 0 Å². The Labute approximate surface area is 123 Å². The molecule has 1 fully saturated rings. The zero-order chi connectivity index (χ0) is 14.3. The van der Waals surface area contributed by atoms with Crippen molar-refractivity contribution >= 4 is 23.2 Å². The molecule has 0 bridgehead atoms. The first-order valence-corrected chi connectivity index (χ1v) is 7.14. The van der Waals surface area contributed by atoms with E-state index in [1.165, 1.54) is 25.6 Å². The lowest BCUT2D eigenvalue weighted by molar-refractivity contribution is 0.0681. The molecule has 0 spiro atoms. The van der Waals surface area contributed by atoms with Crippen molar-refractivity contribution in [2.24, 2.45) is 0 Å². The summed E-state index contributed by atoms with van der Waals surface area (Å²) >= 11 is 6.08. The third kappa shape index (κ3) is 2.13. The first-order chi connectivity index (χ1) is 9.52. The van der Waals surface area contributed by atoms with Gasteiger partial charge in [0.15, 0.2) is 0 Å². The Bertz CT molecular complexity index is 618. The van der Waals surface area contributed by atoms with Crippen LogP contribution in [0.5, 0.6) is 0 Å². The van der Waals surface area contributed by atoms with Crippen LogP contribution >= 0.6 is 11.6 Å². The van der Waals surface area contributed by atoms with E-state index in [0.717, 1.165) is 12.4 Å². The molecule has 0 amide bonds. The summed E-state index contributed by atoms with van der Waals surface area (Å²) in [5.41, 5.74) is 0.247. The molecular weight excluding hydrogens is 276 g/mol. The van der Waals surface area contributed by atoms with Gasteiger partial charge in [-0.25, -0.2) is 0 Å². The number of aromatic nitrogens is 4. The van der Waals surface area contributed by atoms with Crippen LogP contribution in [0.15, 0.2) is 12.4 Å². The van der Waals surface area contributed by atoms with Crippen molar-refractivity contribution in [2.75, 3.05) is 32.6 Å². The van der Waals surface area contributed by atoms with Crippen LogP contribution in [-0.2, 0) is 0 Å². The number of rotatable bonds is 4. The molecule has 2 aromatic heterocycles. The summed E-state index contributed by atoms with van der Waals surface area (Å²) in [6, 6.07) is 1.84. The van der Waals surface area contributed by atoms with Crippen molar-refractivity contribution in [3.8, 4) is 0 Å². The Morgan fingerprint density at radius 1 is 1.35 bits per heavy atom. The number of fused-ring (bicyclic) bond motifs is 1. The number of anilines is 1. The molecule has 1 aliphatic carbocycles. The quantitative estimate of drug-likeness (QED) is 0.803. The lowest BCUT2D eigenvalue weighted by Gasteiger charge is -2.49. The van der Waals surface area contributed by atoms with Gasteiger partial charge in [0.05, 0.1) is 0 Å². The Hall–Kier alpha value is -1.40. The second kappa shape index (κ2) is 4.86. The molecule has 6 nitrogen and oxygen atoms in total. The van der Waals surface area contributed by atoms with Gasteiger partial charge >= 0.3 is 0 Å². The molecule has 1 aliphatic rings. The van der Waals surface area contributed by atoms with Crippen LogP contribution in [0.1, 0.15) is 19.3 Å². The fourth-order valence-electron chi connectivity index (χ4n) is 2.89. The normalized spacial score (nSPS) is 17.4. The highest BCUT2D eigenvalue weighted by atomic mass is 35.5. The van der Waals surface area contributed by atoms with Crippen molar-refractivity contribution in [2.45, 2.75) is 24.8 Å². The number of likely N-dealkylation sites (N-methyl/N-ethyl adjacent to an activating group) is 2. The molecular formula is C13H19ClN6. The lowest BCUT2D eigenvalue weighted by atomic mass is 9.75. The third-order valence-corrected chi connectivity index (χ3v) is 4.55. The van der Waals surface area contributed by atoms with Gasteiger partial charge < -0.3 is 9.80 Å². The molecule has 2 heterocycles. The maximum Gasteiger partial charge on any atom is 0.255 e. The van der Waals surface area contributed by atoms with E-state index in [1.54, 1.807) is 4.52 Å². The molecule has 108 valence electrons. The van der Waals surface area contributed by atoms with Gasteiger partial charge in [0, 0.05) is 25.2 Å². The van der Waals surface area contributed by atoms with E-state index < -0.39 is 0 Å². The molecule has 7 heteroatoms. The van der Waals surface area contributed by atoms with Crippen LogP contribution in [0.3, 0.4) is 0 Å². The van der Waals surface area contributed by atoms with E-state index in [2.05, 4.69) is 46.0 Å². The zero-order valence-electron chi connectivity index (χ0n) is 12.0. The van der Waals surface area contributed by atoms with Crippen LogP contribution in [0.25, 0.3) is 5.78 Å². The molecule has 0 saturated heterocycles. The van der Waals surface area contributed by atoms with Gasteiger partial charge in [-0.05, 0) is 33.4 Å². The summed E-state index contributed by atoms with van der Waals surface area (Å²) in [6.45, 7) is 0.940.